The maximum Gasteiger partial charge on any atom is 0.407 e. The minimum absolute atomic E-state index is 0.0587. The topological polar surface area (TPSA) is 67.9 Å². The molecule has 2 aliphatic rings. The predicted octanol–water partition coefficient (Wildman–Crippen LogP) is 1.54. The largest absolute Gasteiger partial charge is 0.453 e. The van der Waals surface area contributed by atoms with E-state index >= 15 is 0 Å². The Labute approximate surface area is 126 Å². The first-order chi connectivity index (χ1) is 9.99. The van der Waals surface area contributed by atoms with Crippen LogP contribution in [0.1, 0.15) is 39.5 Å². The van der Waals surface area contributed by atoms with Crippen LogP contribution >= 0.6 is 0 Å². The molecule has 2 fully saturated rings. The Kier molecular flexibility index (Phi) is 5.08. The zero-order valence-corrected chi connectivity index (χ0v) is 13.3. The van der Waals surface area contributed by atoms with Crippen LogP contribution in [-0.4, -0.2) is 55.3 Å². The van der Waals surface area contributed by atoms with E-state index in [1.165, 1.54) is 27.1 Å². The molecule has 0 aromatic heterocycles. The second kappa shape index (κ2) is 6.64. The molecule has 0 aromatic carbocycles. The fourth-order valence-electron chi connectivity index (χ4n) is 3.78. The SMILES string of the molecule is COC(=O)N[C@H](C(=O)N1C(C)CC2CCCC21)[C@H](C)OC. The summed E-state index contributed by atoms with van der Waals surface area (Å²) in [6, 6.07) is -0.165. The molecule has 1 saturated carbocycles. The Bertz CT molecular complexity index is 401. The van der Waals surface area contributed by atoms with Gasteiger partial charge in [-0.3, -0.25) is 4.79 Å². The number of nitrogens with zero attached hydrogens (tertiary/aromatic N) is 1. The third-order valence-corrected chi connectivity index (χ3v) is 4.92. The number of carbonyl (C=O) groups is 2. The van der Waals surface area contributed by atoms with Crippen molar-refractivity contribution in [3.05, 3.63) is 0 Å². The van der Waals surface area contributed by atoms with Gasteiger partial charge in [0.2, 0.25) is 5.91 Å². The molecule has 1 aliphatic heterocycles. The number of nitrogens with one attached hydrogen (secondary N) is 1. The summed E-state index contributed by atoms with van der Waals surface area (Å²) in [7, 11) is 2.83. The molecular weight excluding hydrogens is 272 g/mol. The lowest BCUT2D eigenvalue weighted by molar-refractivity contribution is -0.139. The summed E-state index contributed by atoms with van der Waals surface area (Å²) in [6.07, 6.45) is 3.50. The van der Waals surface area contributed by atoms with Crippen molar-refractivity contribution in [1.82, 2.24) is 10.2 Å². The number of hydrogen-bond acceptors (Lipinski definition) is 4. The number of hydrogen-bond donors (Lipinski definition) is 1. The van der Waals surface area contributed by atoms with Crippen LogP contribution in [0, 0.1) is 5.92 Å². The van der Waals surface area contributed by atoms with E-state index in [9.17, 15) is 9.59 Å². The smallest absolute Gasteiger partial charge is 0.407 e. The van der Waals surface area contributed by atoms with Crippen molar-refractivity contribution in [2.45, 2.75) is 63.8 Å². The number of alkyl carbamates (subject to hydrolysis) is 1. The molecule has 21 heavy (non-hydrogen) atoms. The first-order valence-corrected chi connectivity index (χ1v) is 7.69. The number of ether oxygens (including phenoxy) is 2. The molecule has 2 rings (SSSR count). The Morgan fingerprint density at radius 1 is 1.29 bits per heavy atom. The van der Waals surface area contributed by atoms with Gasteiger partial charge in [0.25, 0.3) is 0 Å². The molecule has 0 aromatic rings. The second-order valence-corrected chi connectivity index (χ2v) is 6.14. The lowest BCUT2D eigenvalue weighted by atomic mass is 10.0. The van der Waals surface area contributed by atoms with Crippen LogP contribution in [0.2, 0.25) is 0 Å². The summed E-state index contributed by atoms with van der Waals surface area (Å²) in [4.78, 5) is 26.4. The molecule has 1 saturated heterocycles. The highest BCUT2D eigenvalue weighted by Gasteiger charge is 2.46. The summed E-state index contributed by atoms with van der Waals surface area (Å²) in [5.74, 6) is 0.553. The normalized spacial score (nSPS) is 30.7. The van der Waals surface area contributed by atoms with Gasteiger partial charge in [0.15, 0.2) is 0 Å². The van der Waals surface area contributed by atoms with Gasteiger partial charge in [-0.15, -0.1) is 0 Å². The minimum Gasteiger partial charge on any atom is -0.453 e. The number of likely N-dealkylation sites (tertiary alicyclic amines) is 1. The summed E-state index contributed by atoms with van der Waals surface area (Å²) in [5, 5.41) is 2.62. The fourth-order valence-corrected chi connectivity index (χ4v) is 3.78. The van der Waals surface area contributed by atoms with E-state index < -0.39 is 18.2 Å². The highest BCUT2D eigenvalue weighted by molar-refractivity contribution is 5.87. The maximum absolute atomic E-state index is 12.9. The Morgan fingerprint density at radius 3 is 2.62 bits per heavy atom. The molecule has 1 N–H and O–H groups in total. The van der Waals surface area contributed by atoms with Crippen molar-refractivity contribution < 1.29 is 19.1 Å². The average molecular weight is 298 g/mol. The minimum atomic E-state index is -0.704. The van der Waals surface area contributed by atoms with Crippen LogP contribution in [-0.2, 0) is 14.3 Å². The standard InChI is InChI=1S/C15H26N2O4/c1-9-8-11-6-5-7-12(11)17(9)14(18)13(10(2)20-3)16-15(19)21-4/h9-13H,5-8H2,1-4H3,(H,16,19)/t9?,10-,11?,12?,13-/m0/s1. The van der Waals surface area contributed by atoms with Crippen molar-refractivity contribution in [1.29, 1.82) is 0 Å². The van der Waals surface area contributed by atoms with Crippen LogP contribution < -0.4 is 5.32 Å². The van der Waals surface area contributed by atoms with Gasteiger partial charge in [-0.2, -0.15) is 0 Å². The van der Waals surface area contributed by atoms with E-state index in [0.29, 0.717) is 12.0 Å². The molecule has 6 heteroatoms. The predicted molar refractivity (Wildman–Crippen MR) is 77.9 cm³/mol. The van der Waals surface area contributed by atoms with Gasteiger partial charge < -0.3 is 19.7 Å². The Morgan fingerprint density at radius 2 is 2.00 bits per heavy atom. The van der Waals surface area contributed by atoms with Crippen molar-refractivity contribution >= 4 is 12.0 Å². The monoisotopic (exact) mass is 298 g/mol. The summed E-state index contributed by atoms with van der Waals surface area (Å²) >= 11 is 0. The van der Waals surface area contributed by atoms with E-state index in [0.717, 1.165) is 12.8 Å². The lowest BCUT2D eigenvalue weighted by Gasteiger charge is -2.33. The molecule has 1 aliphatic carbocycles. The molecule has 0 radical (unpaired) electrons. The van der Waals surface area contributed by atoms with Gasteiger partial charge in [0, 0.05) is 19.2 Å². The van der Waals surface area contributed by atoms with Crippen LogP contribution in [0.15, 0.2) is 0 Å². The highest BCUT2D eigenvalue weighted by Crippen LogP contribution is 2.41. The van der Waals surface area contributed by atoms with E-state index in [-0.39, 0.29) is 11.9 Å². The van der Waals surface area contributed by atoms with Crippen molar-refractivity contribution in [2.75, 3.05) is 14.2 Å². The van der Waals surface area contributed by atoms with E-state index in [1.54, 1.807) is 6.92 Å². The number of methoxy groups -OCH3 is 2. The highest BCUT2D eigenvalue weighted by atomic mass is 16.5. The molecule has 1 heterocycles. The summed E-state index contributed by atoms with van der Waals surface area (Å²) in [5.41, 5.74) is 0. The summed E-state index contributed by atoms with van der Waals surface area (Å²) < 4.78 is 9.89. The zero-order valence-electron chi connectivity index (χ0n) is 13.3. The van der Waals surface area contributed by atoms with E-state index in [2.05, 4.69) is 17.0 Å². The summed E-state index contributed by atoms with van der Waals surface area (Å²) in [6.45, 7) is 3.87. The molecule has 2 amide bonds. The maximum atomic E-state index is 12.9. The van der Waals surface area contributed by atoms with Crippen molar-refractivity contribution in [3.63, 3.8) is 0 Å². The third kappa shape index (κ3) is 3.15. The molecule has 0 spiro atoms. The van der Waals surface area contributed by atoms with E-state index in [4.69, 9.17) is 4.74 Å². The molecule has 0 bridgehead atoms. The second-order valence-electron chi connectivity index (χ2n) is 6.14. The molecule has 3 unspecified atom stereocenters. The fraction of sp³-hybridized carbons (Fsp3) is 0.867. The number of fused-ring (bicyclic) bond motifs is 1. The van der Waals surface area contributed by atoms with Crippen molar-refractivity contribution in [3.8, 4) is 0 Å². The van der Waals surface area contributed by atoms with Gasteiger partial charge >= 0.3 is 6.09 Å². The molecule has 6 nitrogen and oxygen atoms in total. The average Bonchev–Trinajstić information content (AvgIpc) is 3.02. The van der Waals surface area contributed by atoms with Gasteiger partial charge in [0.05, 0.1) is 13.2 Å². The van der Waals surface area contributed by atoms with Crippen LogP contribution in [0.25, 0.3) is 0 Å². The first-order valence-electron chi connectivity index (χ1n) is 7.69. The van der Waals surface area contributed by atoms with Gasteiger partial charge in [-0.05, 0) is 39.0 Å². The van der Waals surface area contributed by atoms with Gasteiger partial charge in [-0.1, -0.05) is 6.42 Å². The number of carbonyl (C=O) groups excluding carboxylic acids is 2. The quantitative estimate of drug-likeness (QED) is 0.855. The van der Waals surface area contributed by atoms with Gasteiger partial charge in [-0.25, -0.2) is 4.79 Å². The molecule has 120 valence electrons. The molecule has 5 atom stereocenters. The zero-order chi connectivity index (χ0) is 15.6. The first kappa shape index (κ1) is 16.1. The van der Waals surface area contributed by atoms with Gasteiger partial charge in [0.1, 0.15) is 6.04 Å². The molecular formula is C15H26N2O4. The lowest BCUT2D eigenvalue weighted by Crippen LogP contribution is -2.56. The van der Waals surface area contributed by atoms with Crippen LogP contribution in [0.4, 0.5) is 4.79 Å². The number of rotatable bonds is 4. The number of amides is 2. The van der Waals surface area contributed by atoms with Crippen LogP contribution in [0.5, 0.6) is 0 Å². The Balaban J connectivity index is 2.14. The Hall–Kier alpha value is -1.30. The van der Waals surface area contributed by atoms with E-state index in [1.807, 2.05) is 4.90 Å². The van der Waals surface area contributed by atoms with Crippen molar-refractivity contribution in [2.24, 2.45) is 5.92 Å². The third-order valence-electron chi connectivity index (χ3n) is 4.92. The van der Waals surface area contributed by atoms with Crippen LogP contribution in [0.3, 0.4) is 0 Å².